The molecular weight excluding hydrogens is 825 g/mol. The normalized spacial score (nSPS) is 46.9. The molecule has 4 fully saturated rings. The van der Waals surface area contributed by atoms with Gasteiger partial charge in [0, 0.05) is 51.7 Å². The number of nitriles is 1. The van der Waals surface area contributed by atoms with Gasteiger partial charge in [-0.2, -0.15) is 5.26 Å². The zero-order valence-electron chi connectivity index (χ0n) is 39.2. The van der Waals surface area contributed by atoms with E-state index in [1.807, 2.05) is 32.1 Å². The number of hydrogen-bond acceptors (Lipinski definition) is 15. The number of ether oxygens (including phenoxy) is 10. The predicted molar refractivity (Wildman–Crippen MR) is 234 cm³/mol. The number of fused-ring (bicyclic) bond motifs is 2. The van der Waals surface area contributed by atoms with E-state index >= 15 is 0 Å². The summed E-state index contributed by atoms with van der Waals surface area (Å²) in [4.78, 5) is 14.4. The summed E-state index contributed by atoms with van der Waals surface area (Å²) in [5.74, 6) is -2.62. The van der Waals surface area contributed by atoms with Crippen molar-refractivity contribution in [1.29, 1.82) is 5.26 Å². The fourth-order valence-electron chi connectivity index (χ4n) is 10.8. The molecule has 0 aromatic carbocycles. The van der Waals surface area contributed by atoms with Gasteiger partial charge in [-0.15, -0.1) is 0 Å². The quantitative estimate of drug-likeness (QED) is 0.211. The van der Waals surface area contributed by atoms with Crippen LogP contribution >= 0.6 is 0 Å². The maximum atomic E-state index is 14.4. The molecule has 20 atom stereocenters. The lowest BCUT2D eigenvalue weighted by Crippen LogP contribution is -2.64. The van der Waals surface area contributed by atoms with E-state index in [4.69, 9.17) is 53.1 Å². The molecule has 15 heteroatoms. The van der Waals surface area contributed by atoms with Crippen molar-refractivity contribution in [2.75, 3.05) is 20.8 Å². The van der Waals surface area contributed by atoms with Crippen LogP contribution < -0.4 is 5.73 Å². The fraction of sp³-hybridized carbons (Fsp3) is 0.755. The Bertz CT molecular complexity index is 1880. The summed E-state index contributed by atoms with van der Waals surface area (Å²) < 4.78 is 63.9. The van der Waals surface area contributed by atoms with Crippen molar-refractivity contribution in [3.63, 3.8) is 0 Å². The number of allylic oxidation sites excluding steroid dienone is 2. The Morgan fingerprint density at radius 3 is 2.44 bits per heavy atom. The minimum absolute atomic E-state index is 0.0226. The third kappa shape index (κ3) is 9.50. The lowest BCUT2D eigenvalue weighted by Gasteiger charge is -2.48. The zero-order valence-corrected chi connectivity index (χ0v) is 39.2. The van der Waals surface area contributed by atoms with Crippen molar-refractivity contribution >= 4 is 5.97 Å². The molecule has 0 aromatic heterocycles. The maximum Gasteiger partial charge on any atom is 0.316 e. The van der Waals surface area contributed by atoms with Gasteiger partial charge in [0.1, 0.15) is 35.9 Å². The van der Waals surface area contributed by atoms with Gasteiger partial charge in [-0.3, -0.25) is 4.79 Å². The monoisotopic (exact) mass is 897 g/mol. The van der Waals surface area contributed by atoms with Gasteiger partial charge in [0.15, 0.2) is 23.9 Å². The van der Waals surface area contributed by atoms with Crippen LogP contribution in [0.15, 0.2) is 59.3 Å². The number of carbonyl (C=O) groups is 1. The van der Waals surface area contributed by atoms with E-state index in [1.54, 1.807) is 33.1 Å². The predicted octanol–water partition coefficient (Wildman–Crippen LogP) is 5.24. The summed E-state index contributed by atoms with van der Waals surface area (Å²) in [5, 5.41) is 33.6. The average Bonchev–Trinajstić information content (AvgIpc) is 3.61. The van der Waals surface area contributed by atoms with Crippen LogP contribution in [0.2, 0.25) is 0 Å². The van der Waals surface area contributed by atoms with Crippen molar-refractivity contribution in [2.24, 2.45) is 29.4 Å². The first-order chi connectivity index (χ1) is 30.4. The summed E-state index contributed by atoms with van der Waals surface area (Å²) in [7, 11) is 3.16. The van der Waals surface area contributed by atoms with Crippen molar-refractivity contribution in [3.05, 3.63) is 59.3 Å². The van der Waals surface area contributed by atoms with E-state index in [2.05, 4.69) is 45.9 Å². The van der Waals surface area contributed by atoms with E-state index in [0.717, 1.165) is 12.0 Å². The number of rotatable bonds is 8. The third-order valence-electron chi connectivity index (χ3n) is 15.0. The number of aliphatic hydroxyl groups is 2. The molecule has 1 aliphatic carbocycles. The molecule has 3 unspecified atom stereocenters. The SMILES string of the molecule is CCC(C)[C@H]1O[C@]2(C=C[C@@H]1C)C[C@@H]1C[C@@H](CC=C(C)[C@@H](OC3C[C@H](OC)[C@@H](O[C@H]4C[C@H](OC)[C@@](N)(C#N)[C@H](C)O4)[C@H](C)O3)[C@@H](C)C=CC=C3COC4[C@H](O)C(C)=C[C@@H](C(=O)O1)[C@]34O)O2. The Hall–Kier alpha value is -2.82. The molecule has 4 N–H and O–H groups in total. The van der Waals surface area contributed by atoms with Gasteiger partial charge in [0.05, 0.1) is 55.4 Å². The van der Waals surface area contributed by atoms with E-state index in [0.29, 0.717) is 30.4 Å². The second-order valence-corrected chi connectivity index (χ2v) is 19.4. The highest BCUT2D eigenvalue weighted by molar-refractivity contribution is 5.78. The Morgan fingerprint density at radius 2 is 1.73 bits per heavy atom. The molecule has 15 nitrogen and oxygen atoms in total. The second kappa shape index (κ2) is 19.8. The molecule has 0 aromatic rings. The van der Waals surface area contributed by atoms with Crippen molar-refractivity contribution in [1.82, 2.24) is 0 Å². The molecule has 4 saturated heterocycles. The topological polar surface area (TPSA) is 200 Å². The smallest absolute Gasteiger partial charge is 0.316 e. The molecule has 2 bridgehead atoms. The first-order valence-corrected chi connectivity index (χ1v) is 23.3. The van der Waals surface area contributed by atoms with Crippen LogP contribution in [0.1, 0.15) is 93.9 Å². The summed E-state index contributed by atoms with van der Waals surface area (Å²) in [6.45, 7) is 16.0. The Labute approximate surface area is 378 Å². The van der Waals surface area contributed by atoms with Gasteiger partial charge in [0.2, 0.25) is 0 Å². The number of aliphatic hydroxyl groups excluding tert-OH is 1. The highest BCUT2D eigenvalue weighted by Crippen LogP contribution is 2.47. The number of carbonyl (C=O) groups excluding carboxylic acids is 1. The fourth-order valence-corrected chi connectivity index (χ4v) is 10.8. The van der Waals surface area contributed by atoms with Crippen LogP contribution in [0.4, 0.5) is 0 Å². The number of nitrogens with zero attached hydrogens (tertiary/aromatic N) is 1. The molecule has 0 radical (unpaired) electrons. The standard InChI is InChI=1S/C49H72N2O13/c1-11-26(2)43-29(5)17-18-47(64-43)23-35-20-34(63-47)16-15-28(4)42(27(3)13-12-14-33-24-57-45-41(52)30(6)19-36(46(53)60-35)49(33,45)54)61-39-21-37(55-9)44(31(7)58-39)62-40-22-38(56-10)48(51,25-50)32(8)59-40/h12-15,17-19,26-27,29,31-32,34-45,52,54H,11,16,20-24,51H2,1-10H3/t26?,27-,29-,31-,32-,34+,35-,36-,37-,38-,39?,40-,41+,42-,43+,44-,45?,47+,48+,49+/m0/s1. The lowest BCUT2D eigenvalue weighted by molar-refractivity contribution is -0.314. The van der Waals surface area contributed by atoms with Gasteiger partial charge in [-0.25, -0.2) is 0 Å². The Balaban J connectivity index is 1.18. The summed E-state index contributed by atoms with van der Waals surface area (Å²) in [6.07, 6.45) is 8.39. The highest BCUT2D eigenvalue weighted by atomic mass is 16.7. The van der Waals surface area contributed by atoms with E-state index in [-0.39, 0.29) is 43.3 Å². The number of hydrogen-bond donors (Lipinski definition) is 3. The summed E-state index contributed by atoms with van der Waals surface area (Å²) in [5.41, 5.74) is 5.16. The lowest BCUT2D eigenvalue weighted by atomic mass is 9.71. The molecular formula is C49H72N2O13. The van der Waals surface area contributed by atoms with Crippen molar-refractivity contribution in [3.8, 4) is 6.07 Å². The van der Waals surface area contributed by atoms with Crippen LogP contribution in [0, 0.1) is 35.0 Å². The number of methoxy groups -OCH3 is 2. The molecule has 64 heavy (non-hydrogen) atoms. The van der Waals surface area contributed by atoms with Gasteiger partial charge in [0.25, 0.3) is 0 Å². The molecule has 0 saturated carbocycles. The van der Waals surface area contributed by atoms with Crippen LogP contribution in [-0.4, -0.2) is 134 Å². The third-order valence-corrected chi connectivity index (χ3v) is 15.0. The van der Waals surface area contributed by atoms with Crippen LogP contribution in [0.25, 0.3) is 0 Å². The minimum atomic E-state index is -1.85. The van der Waals surface area contributed by atoms with Gasteiger partial charge >= 0.3 is 5.97 Å². The maximum absolute atomic E-state index is 14.4. The number of esters is 1. The van der Waals surface area contributed by atoms with Crippen LogP contribution in [-0.2, 0) is 52.2 Å². The molecule has 0 amide bonds. The van der Waals surface area contributed by atoms with E-state index in [9.17, 15) is 20.3 Å². The first-order valence-electron chi connectivity index (χ1n) is 23.3. The van der Waals surface area contributed by atoms with Crippen molar-refractivity contribution in [2.45, 2.75) is 191 Å². The van der Waals surface area contributed by atoms with Gasteiger partial charge < -0.3 is 63.3 Å². The van der Waals surface area contributed by atoms with Crippen molar-refractivity contribution < 1.29 is 62.4 Å². The van der Waals surface area contributed by atoms with E-state index in [1.165, 1.54) is 7.11 Å². The molecule has 356 valence electrons. The second-order valence-electron chi connectivity index (χ2n) is 19.4. The van der Waals surface area contributed by atoms with Gasteiger partial charge in [-0.1, -0.05) is 70.6 Å². The molecule has 6 heterocycles. The molecule has 1 spiro atoms. The molecule has 7 rings (SSSR count). The largest absolute Gasteiger partial charge is 0.462 e. The average molecular weight is 897 g/mol. The zero-order chi connectivity index (χ0) is 46.3. The minimum Gasteiger partial charge on any atom is -0.462 e. The summed E-state index contributed by atoms with van der Waals surface area (Å²) >= 11 is 0. The van der Waals surface area contributed by atoms with Crippen LogP contribution in [0.5, 0.6) is 0 Å². The van der Waals surface area contributed by atoms with Crippen LogP contribution in [0.3, 0.4) is 0 Å². The van der Waals surface area contributed by atoms with E-state index < -0.39 is 102 Å². The Morgan fingerprint density at radius 1 is 0.984 bits per heavy atom. The Kier molecular flexibility index (Phi) is 15.2. The first kappa shape index (κ1) is 49.1. The highest BCUT2D eigenvalue weighted by Gasteiger charge is 2.60. The molecule has 7 aliphatic rings. The van der Waals surface area contributed by atoms with Gasteiger partial charge in [-0.05, 0) is 62.8 Å². The summed E-state index contributed by atoms with van der Waals surface area (Å²) in [6, 6.07) is 2.16. The number of nitrogens with two attached hydrogens (primary N) is 1. The molecule has 6 aliphatic heterocycles.